The minimum absolute atomic E-state index is 0. The van der Waals surface area contributed by atoms with Crippen molar-refractivity contribution in [3.63, 3.8) is 0 Å². The van der Waals surface area contributed by atoms with Crippen LogP contribution in [0.5, 0.6) is 0 Å². The summed E-state index contributed by atoms with van der Waals surface area (Å²) in [7, 11) is 0. The van der Waals surface area contributed by atoms with E-state index < -0.39 is 5.97 Å². The summed E-state index contributed by atoms with van der Waals surface area (Å²) in [6.07, 6.45) is 0. The van der Waals surface area contributed by atoms with Crippen LogP contribution in [-0.4, -0.2) is 11.1 Å². The van der Waals surface area contributed by atoms with Gasteiger partial charge in [0, 0.05) is 38.3 Å². The summed E-state index contributed by atoms with van der Waals surface area (Å²) in [5, 5.41) is 7.89. The third-order valence-corrected chi connectivity index (χ3v) is 0.365. The van der Waals surface area contributed by atoms with E-state index in [0.717, 1.165) is 0 Å². The Kier molecular flexibility index (Phi) is 6.60. The Labute approximate surface area is 67.5 Å². The fourth-order valence-electron chi connectivity index (χ4n) is 0. The maximum Gasteiger partial charge on any atom is 0.330 e. The molecule has 0 amide bonds. The molecule has 37 valence electrons. The first-order valence-electron chi connectivity index (χ1n) is 1.53. The first kappa shape index (κ1) is 10.3. The van der Waals surface area contributed by atoms with E-state index in [1.165, 1.54) is 6.92 Å². The van der Waals surface area contributed by atoms with Gasteiger partial charge in [-0.25, -0.2) is 4.79 Å². The molecule has 1 N–H and O–H groups in total. The second kappa shape index (κ2) is 4.47. The Morgan fingerprint density at radius 3 is 1.86 bits per heavy atom. The molecule has 0 aliphatic rings. The van der Waals surface area contributed by atoms with Crippen molar-refractivity contribution in [2.45, 2.75) is 6.92 Å². The number of aliphatic carboxylic acids is 1. The summed E-state index contributed by atoms with van der Waals surface area (Å²) in [6, 6.07) is 0. The summed E-state index contributed by atoms with van der Waals surface area (Å²) in [5.41, 5.74) is 0.176. The molecule has 0 aromatic rings. The predicted octanol–water partition coefficient (Wildman–Crippen LogP) is 0.645. The van der Waals surface area contributed by atoms with Crippen LogP contribution >= 0.6 is 0 Å². The van der Waals surface area contributed by atoms with Gasteiger partial charge in [0.15, 0.2) is 0 Å². The van der Waals surface area contributed by atoms with Crippen LogP contribution in [0.4, 0.5) is 0 Å². The van der Waals surface area contributed by atoms with Crippen LogP contribution in [0.15, 0.2) is 12.2 Å². The van der Waals surface area contributed by atoms with E-state index in [1.807, 2.05) is 0 Å². The minimum Gasteiger partial charge on any atom is -0.478 e. The Morgan fingerprint density at radius 1 is 1.71 bits per heavy atom. The maximum atomic E-state index is 9.60. The molecule has 1 radical (unpaired) electrons. The zero-order valence-corrected chi connectivity index (χ0v) is 6.98. The third-order valence-electron chi connectivity index (χ3n) is 0.365. The zero-order chi connectivity index (χ0) is 5.15. The molecule has 7 heavy (non-hydrogen) atoms. The quantitative estimate of drug-likeness (QED) is 0.594. The van der Waals surface area contributed by atoms with Crippen LogP contribution in [0.25, 0.3) is 0 Å². The molecule has 0 aliphatic heterocycles. The van der Waals surface area contributed by atoms with Crippen LogP contribution in [0, 0.1) is 0 Å². The van der Waals surface area contributed by atoms with Crippen LogP contribution in [0.1, 0.15) is 6.92 Å². The van der Waals surface area contributed by atoms with Gasteiger partial charge in [0.1, 0.15) is 0 Å². The van der Waals surface area contributed by atoms with Crippen molar-refractivity contribution in [1.29, 1.82) is 0 Å². The second-order valence-corrected chi connectivity index (χ2v) is 1.09. The second-order valence-electron chi connectivity index (χ2n) is 1.09. The summed E-state index contributed by atoms with van der Waals surface area (Å²) in [6.45, 7) is 4.60. The average molecular weight is 175 g/mol. The summed E-state index contributed by atoms with van der Waals surface area (Å²) in [5.74, 6) is -0.935. The van der Waals surface area contributed by atoms with Gasteiger partial charge < -0.3 is 5.11 Å². The van der Waals surface area contributed by atoms with Crippen molar-refractivity contribution in [3.05, 3.63) is 12.2 Å². The molecule has 0 aromatic heterocycles. The van der Waals surface area contributed by atoms with E-state index in [0.29, 0.717) is 0 Å². The number of carboxylic acids is 1. The van der Waals surface area contributed by atoms with Gasteiger partial charge in [0.2, 0.25) is 0 Å². The fraction of sp³-hybridized carbons (Fsp3) is 0.250. The van der Waals surface area contributed by atoms with Gasteiger partial charge >= 0.3 is 5.97 Å². The van der Waals surface area contributed by atoms with Crippen molar-refractivity contribution in [3.8, 4) is 0 Å². The molecule has 0 spiro atoms. The summed E-state index contributed by atoms with van der Waals surface area (Å²) in [4.78, 5) is 9.60. The van der Waals surface area contributed by atoms with E-state index in [2.05, 4.69) is 6.58 Å². The Bertz CT molecular complexity index is 75.7. The van der Waals surface area contributed by atoms with Crippen molar-refractivity contribution in [2.75, 3.05) is 0 Å². The SMILES string of the molecule is C=C(C)C(=O)O.[Y]. The van der Waals surface area contributed by atoms with Crippen molar-refractivity contribution in [2.24, 2.45) is 0 Å². The molecule has 0 heterocycles. The smallest absolute Gasteiger partial charge is 0.330 e. The molecule has 0 saturated heterocycles. The first-order valence-corrected chi connectivity index (χ1v) is 1.53. The Balaban J connectivity index is 0. The predicted molar refractivity (Wildman–Crippen MR) is 22.4 cm³/mol. The number of carbonyl (C=O) groups is 1. The minimum atomic E-state index is -0.935. The standard InChI is InChI=1S/C4H6O2.Y/c1-3(2)4(5)6;/h1H2,2H3,(H,5,6);. The van der Waals surface area contributed by atoms with Crippen LogP contribution in [-0.2, 0) is 37.5 Å². The summed E-state index contributed by atoms with van der Waals surface area (Å²) >= 11 is 0. The van der Waals surface area contributed by atoms with Gasteiger partial charge in [-0.2, -0.15) is 0 Å². The Hall–Kier alpha value is 0.314. The number of hydrogen-bond donors (Lipinski definition) is 1. The van der Waals surface area contributed by atoms with E-state index >= 15 is 0 Å². The monoisotopic (exact) mass is 175 g/mol. The topological polar surface area (TPSA) is 37.3 Å². The molecule has 2 nitrogen and oxygen atoms in total. The number of hydrogen-bond acceptors (Lipinski definition) is 1. The third kappa shape index (κ3) is 6.31. The maximum absolute atomic E-state index is 9.60. The van der Waals surface area contributed by atoms with Gasteiger partial charge in [-0.05, 0) is 6.92 Å². The Morgan fingerprint density at radius 2 is 1.86 bits per heavy atom. The molecule has 0 bridgehead atoms. The normalized spacial score (nSPS) is 6.43. The molecule has 0 saturated carbocycles. The molecule has 0 aliphatic carbocycles. The van der Waals surface area contributed by atoms with E-state index in [-0.39, 0.29) is 38.3 Å². The fourth-order valence-corrected chi connectivity index (χ4v) is 0. The van der Waals surface area contributed by atoms with Crippen LogP contribution in [0.2, 0.25) is 0 Å². The molecule has 0 rings (SSSR count). The first-order chi connectivity index (χ1) is 2.64. The molecular formula is C4H6O2Y. The van der Waals surface area contributed by atoms with E-state index in [9.17, 15) is 4.79 Å². The van der Waals surface area contributed by atoms with Crippen molar-refractivity contribution >= 4 is 5.97 Å². The molecule has 0 unspecified atom stereocenters. The van der Waals surface area contributed by atoms with Gasteiger partial charge in [-0.1, -0.05) is 6.58 Å². The number of rotatable bonds is 1. The van der Waals surface area contributed by atoms with Gasteiger partial charge in [0.05, 0.1) is 0 Å². The number of carboxylic acid groups (broad SMARTS) is 1. The van der Waals surface area contributed by atoms with Gasteiger partial charge in [-0.3, -0.25) is 0 Å². The van der Waals surface area contributed by atoms with Crippen molar-refractivity contribution < 1.29 is 42.6 Å². The van der Waals surface area contributed by atoms with Gasteiger partial charge in [-0.15, -0.1) is 0 Å². The molecule has 0 atom stereocenters. The van der Waals surface area contributed by atoms with Crippen LogP contribution < -0.4 is 0 Å². The molecular weight excluding hydrogens is 169 g/mol. The largest absolute Gasteiger partial charge is 0.478 e. The van der Waals surface area contributed by atoms with Crippen molar-refractivity contribution in [1.82, 2.24) is 0 Å². The van der Waals surface area contributed by atoms with E-state index in [1.54, 1.807) is 0 Å². The zero-order valence-electron chi connectivity index (χ0n) is 4.14. The van der Waals surface area contributed by atoms with Crippen LogP contribution in [0.3, 0.4) is 0 Å². The van der Waals surface area contributed by atoms with Gasteiger partial charge in [0.25, 0.3) is 0 Å². The molecule has 3 heteroatoms. The summed E-state index contributed by atoms with van der Waals surface area (Å²) < 4.78 is 0. The molecule has 0 aromatic carbocycles. The molecule has 0 fully saturated rings. The van der Waals surface area contributed by atoms with E-state index in [4.69, 9.17) is 5.11 Å². The average Bonchev–Trinajstić information content (AvgIpc) is 1.36.